The van der Waals surface area contributed by atoms with E-state index in [-0.39, 0.29) is 5.25 Å². The molecule has 4 nitrogen and oxygen atoms in total. The van der Waals surface area contributed by atoms with Crippen LogP contribution >= 0.6 is 0 Å². The van der Waals surface area contributed by atoms with Gasteiger partial charge in [0.05, 0.1) is 15.8 Å². The molecule has 0 fully saturated rings. The van der Waals surface area contributed by atoms with Crippen molar-refractivity contribution < 1.29 is 8.42 Å². The Kier molecular flexibility index (Phi) is 2.44. The summed E-state index contributed by atoms with van der Waals surface area (Å²) in [6.07, 6.45) is 0. The third-order valence-electron chi connectivity index (χ3n) is 2.70. The second kappa shape index (κ2) is 3.50. The van der Waals surface area contributed by atoms with Crippen LogP contribution in [0.25, 0.3) is 0 Å². The lowest BCUT2D eigenvalue weighted by molar-refractivity contribution is 0.582. The van der Waals surface area contributed by atoms with E-state index in [0.717, 1.165) is 5.56 Å². The minimum Gasteiger partial charge on any atom is -0.383 e. The maximum Gasteiger partial charge on any atom is 0.184 e. The first kappa shape index (κ1) is 10.4. The predicted octanol–water partition coefficient (Wildman–Crippen LogP) is 0.733. The molecule has 0 bridgehead atoms. The molecule has 0 aliphatic carbocycles. The first-order chi connectivity index (χ1) is 7.05. The number of hydrogen-bond acceptors (Lipinski definition) is 4. The maximum atomic E-state index is 11.9. The number of rotatable bonds is 1. The summed E-state index contributed by atoms with van der Waals surface area (Å²) in [7, 11) is -3.15. The molecule has 3 N–H and O–H groups in total. The van der Waals surface area contributed by atoms with Crippen LogP contribution in [-0.2, 0) is 16.4 Å². The fraction of sp³-hybridized carbons (Fsp3) is 0.400. The summed E-state index contributed by atoms with van der Waals surface area (Å²) < 4.78 is 23.9. The van der Waals surface area contributed by atoms with Gasteiger partial charge in [0.25, 0.3) is 0 Å². The van der Waals surface area contributed by atoms with Crippen LogP contribution in [0.1, 0.15) is 12.5 Å². The molecular formula is C10H14N2O2S. The standard InChI is InChI=1S/C10H14N2O2S/c1-7-6-12-9-4-8(5-11)2-3-10(9)15(7,13)14/h2-4,7,12H,5-6,11H2,1H3. The largest absolute Gasteiger partial charge is 0.383 e. The summed E-state index contributed by atoms with van der Waals surface area (Å²) in [4.78, 5) is 0.387. The molecule has 1 unspecified atom stereocenters. The van der Waals surface area contributed by atoms with Gasteiger partial charge in [-0.3, -0.25) is 0 Å². The summed E-state index contributed by atoms with van der Waals surface area (Å²) >= 11 is 0. The highest BCUT2D eigenvalue weighted by molar-refractivity contribution is 7.92. The second-order valence-electron chi connectivity index (χ2n) is 3.77. The van der Waals surface area contributed by atoms with E-state index in [1.165, 1.54) is 0 Å². The summed E-state index contributed by atoms with van der Waals surface area (Å²) in [6, 6.07) is 5.20. The molecule has 5 heteroatoms. The van der Waals surface area contributed by atoms with Crippen molar-refractivity contribution in [3.05, 3.63) is 23.8 Å². The molecule has 1 atom stereocenters. The van der Waals surface area contributed by atoms with Gasteiger partial charge in [0, 0.05) is 13.1 Å². The molecule has 1 heterocycles. The highest BCUT2D eigenvalue weighted by atomic mass is 32.2. The van der Waals surface area contributed by atoms with Crippen molar-refractivity contribution in [3.63, 3.8) is 0 Å². The summed E-state index contributed by atoms with van der Waals surface area (Å²) in [6.45, 7) is 2.59. The molecule has 1 aliphatic rings. The quantitative estimate of drug-likeness (QED) is 0.740. The van der Waals surface area contributed by atoms with Crippen molar-refractivity contribution in [1.82, 2.24) is 0 Å². The van der Waals surface area contributed by atoms with Crippen molar-refractivity contribution in [1.29, 1.82) is 0 Å². The van der Waals surface area contributed by atoms with E-state index in [1.807, 2.05) is 0 Å². The Hall–Kier alpha value is -1.07. The van der Waals surface area contributed by atoms with Crippen LogP contribution in [0.3, 0.4) is 0 Å². The van der Waals surface area contributed by atoms with E-state index in [1.54, 1.807) is 25.1 Å². The van der Waals surface area contributed by atoms with Crippen molar-refractivity contribution in [3.8, 4) is 0 Å². The Labute approximate surface area is 89.4 Å². The van der Waals surface area contributed by atoms with E-state index in [0.29, 0.717) is 23.7 Å². The number of anilines is 1. The van der Waals surface area contributed by atoms with Crippen molar-refractivity contribution in [2.24, 2.45) is 5.73 Å². The monoisotopic (exact) mass is 226 g/mol. The lowest BCUT2D eigenvalue weighted by Crippen LogP contribution is -2.31. The van der Waals surface area contributed by atoms with Gasteiger partial charge in [-0.15, -0.1) is 0 Å². The first-order valence-electron chi connectivity index (χ1n) is 4.86. The van der Waals surface area contributed by atoms with Gasteiger partial charge in [-0.1, -0.05) is 6.07 Å². The molecule has 15 heavy (non-hydrogen) atoms. The highest BCUT2D eigenvalue weighted by Crippen LogP contribution is 2.30. The number of benzene rings is 1. The van der Waals surface area contributed by atoms with Gasteiger partial charge in [0.15, 0.2) is 9.84 Å². The van der Waals surface area contributed by atoms with E-state index >= 15 is 0 Å². The zero-order valence-corrected chi connectivity index (χ0v) is 9.34. The van der Waals surface area contributed by atoms with Gasteiger partial charge < -0.3 is 11.1 Å². The summed E-state index contributed by atoms with van der Waals surface area (Å²) in [5.74, 6) is 0. The maximum absolute atomic E-state index is 11.9. The Morgan fingerprint density at radius 2 is 2.27 bits per heavy atom. The lowest BCUT2D eigenvalue weighted by Gasteiger charge is -2.24. The molecule has 0 radical (unpaired) electrons. The fourth-order valence-electron chi connectivity index (χ4n) is 1.67. The summed E-state index contributed by atoms with van der Waals surface area (Å²) in [5.41, 5.74) is 7.11. The zero-order chi connectivity index (χ0) is 11.1. The third-order valence-corrected chi connectivity index (χ3v) is 4.89. The molecular weight excluding hydrogens is 212 g/mol. The molecule has 0 amide bonds. The van der Waals surface area contributed by atoms with Crippen LogP contribution in [0.15, 0.2) is 23.1 Å². The Morgan fingerprint density at radius 3 is 2.93 bits per heavy atom. The fourth-order valence-corrected chi connectivity index (χ4v) is 3.10. The van der Waals surface area contributed by atoms with Gasteiger partial charge >= 0.3 is 0 Å². The van der Waals surface area contributed by atoms with Gasteiger partial charge in [-0.2, -0.15) is 0 Å². The number of nitrogens with two attached hydrogens (primary N) is 1. The van der Waals surface area contributed by atoms with Gasteiger partial charge in [-0.25, -0.2) is 8.42 Å². The Bertz CT molecular complexity index is 482. The van der Waals surface area contributed by atoms with Crippen molar-refractivity contribution in [2.45, 2.75) is 23.6 Å². The van der Waals surface area contributed by atoms with E-state index in [9.17, 15) is 8.42 Å². The molecule has 2 rings (SSSR count). The molecule has 0 saturated heterocycles. The number of fused-ring (bicyclic) bond motifs is 1. The van der Waals surface area contributed by atoms with Crippen LogP contribution in [0.2, 0.25) is 0 Å². The van der Waals surface area contributed by atoms with Crippen molar-refractivity contribution in [2.75, 3.05) is 11.9 Å². The van der Waals surface area contributed by atoms with Crippen LogP contribution in [0.4, 0.5) is 5.69 Å². The lowest BCUT2D eigenvalue weighted by atomic mass is 10.2. The van der Waals surface area contributed by atoms with Crippen LogP contribution in [-0.4, -0.2) is 20.2 Å². The molecule has 1 aromatic rings. The summed E-state index contributed by atoms with van der Waals surface area (Å²) in [5, 5.41) is 2.74. The van der Waals surface area contributed by atoms with Crippen molar-refractivity contribution >= 4 is 15.5 Å². The molecule has 1 aromatic carbocycles. The molecule has 1 aliphatic heterocycles. The van der Waals surface area contributed by atoms with Gasteiger partial charge in [0.2, 0.25) is 0 Å². The topological polar surface area (TPSA) is 72.2 Å². The van der Waals surface area contributed by atoms with E-state index in [2.05, 4.69) is 5.32 Å². The number of sulfone groups is 1. The molecule has 0 aromatic heterocycles. The van der Waals surface area contributed by atoms with Crippen LogP contribution in [0.5, 0.6) is 0 Å². The Morgan fingerprint density at radius 1 is 1.53 bits per heavy atom. The van der Waals surface area contributed by atoms with E-state index < -0.39 is 9.84 Å². The van der Waals surface area contributed by atoms with Gasteiger partial charge in [0.1, 0.15) is 0 Å². The molecule has 82 valence electrons. The SMILES string of the molecule is CC1CNc2cc(CN)ccc2S1(=O)=O. The van der Waals surface area contributed by atoms with Crippen LogP contribution in [0, 0.1) is 0 Å². The first-order valence-corrected chi connectivity index (χ1v) is 6.41. The minimum atomic E-state index is -3.15. The smallest absolute Gasteiger partial charge is 0.184 e. The molecule has 0 saturated carbocycles. The second-order valence-corrected chi connectivity index (χ2v) is 6.11. The third kappa shape index (κ3) is 1.61. The average molecular weight is 226 g/mol. The molecule has 0 spiro atoms. The normalized spacial score (nSPS) is 22.9. The van der Waals surface area contributed by atoms with Crippen LogP contribution < -0.4 is 11.1 Å². The van der Waals surface area contributed by atoms with E-state index in [4.69, 9.17) is 5.73 Å². The highest BCUT2D eigenvalue weighted by Gasteiger charge is 2.30. The minimum absolute atomic E-state index is 0.367. The number of nitrogens with one attached hydrogen (secondary N) is 1. The number of hydrogen-bond donors (Lipinski definition) is 2. The van der Waals surface area contributed by atoms with Gasteiger partial charge in [-0.05, 0) is 24.6 Å². The average Bonchev–Trinajstić information content (AvgIpc) is 2.23. The Balaban J connectivity index is 2.58. The zero-order valence-electron chi connectivity index (χ0n) is 8.53. The predicted molar refractivity (Wildman–Crippen MR) is 59.5 cm³/mol.